The molecule has 6 atom stereocenters. The number of halogens is 3. The molecule has 1 N–H and O–H groups in total. The van der Waals surface area contributed by atoms with Crippen LogP contribution in [0.15, 0.2) is 23.9 Å². The molecule has 1 aromatic heterocycles. The van der Waals surface area contributed by atoms with Gasteiger partial charge in [-0.2, -0.15) is 13.2 Å². The van der Waals surface area contributed by atoms with Crippen molar-refractivity contribution in [3.8, 4) is 0 Å². The monoisotopic (exact) mass is 508 g/mol. The minimum absolute atomic E-state index is 0.00404. The number of anilines is 1. The fraction of sp³-hybridized carbons (Fsp3) is 0.692. The molecule has 2 aliphatic carbocycles. The second-order valence-electron chi connectivity index (χ2n) is 10.5. The summed E-state index contributed by atoms with van der Waals surface area (Å²) in [5.74, 6) is 0.121. The normalized spacial score (nSPS) is 32.4. The second-order valence-corrected chi connectivity index (χ2v) is 10.5. The van der Waals surface area contributed by atoms with E-state index < -0.39 is 29.5 Å². The van der Waals surface area contributed by atoms with Crippen molar-refractivity contribution in [1.82, 2.24) is 14.9 Å². The Morgan fingerprint density at radius 2 is 2.00 bits per heavy atom. The van der Waals surface area contributed by atoms with E-state index in [1.165, 1.54) is 6.92 Å². The van der Waals surface area contributed by atoms with Gasteiger partial charge in [-0.3, -0.25) is 9.69 Å². The lowest BCUT2D eigenvalue weighted by molar-refractivity contribution is -0.148. The molecule has 0 amide bonds. The highest BCUT2D eigenvalue weighted by Gasteiger charge is 2.53. The van der Waals surface area contributed by atoms with Crippen LogP contribution in [0.25, 0.3) is 0 Å². The molecule has 2 heterocycles. The Hall–Kier alpha value is -2.20. The molecule has 3 aliphatic rings. The van der Waals surface area contributed by atoms with Crippen LogP contribution in [0.2, 0.25) is 0 Å². The van der Waals surface area contributed by atoms with E-state index in [-0.39, 0.29) is 29.6 Å². The number of nitrogens with zero attached hydrogens (tertiary/aromatic N) is 4. The molecule has 1 saturated heterocycles. The average molecular weight is 509 g/mol. The third-order valence-electron chi connectivity index (χ3n) is 8.02. The zero-order valence-corrected chi connectivity index (χ0v) is 21.3. The van der Waals surface area contributed by atoms with E-state index in [2.05, 4.69) is 34.3 Å². The number of esters is 1. The van der Waals surface area contributed by atoms with Crippen molar-refractivity contribution in [2.24, 2.45) is 23.7 Å². The Balaban J connectivity index is 1.39. The van der Waals surface area contributed by atoms with Gasteiger partial charge in [-0.1, -0.05) is 19.9 Å². The Kier molecular flexibility index (Phi) is 7.67. The van der Waals surface area contributed by atoms with E-state index in [4.69, 9.17) is 4.74 Å². The molecule has 2 fully saturated rings. The first kappa shape index (κ1) is 26.9. The summed E-state index contributed by atoms with van der Waals surface area (Å²) in [7, 11) is 0. The molecule has 0 unspecified atom stereocenters. The van der Waals surface area contributed by atoms with Gasteiger partial charge in [0.25, 0.3) is 0 Å². The first-order valence-electron chi connectivity index (χ1n) is 12.6. The van der Waals surface area contributed by atoms with E-state index in [1.807, 2.05) is 13.8 Å². The van der Waals surface area contributed by atoms with Gasteiger partial charge in [0.15, 0.2) is 0 Å². The third kappa shape index (κ3) is 5.54. The number of hydrogen-bond acceptors (Lipinski definition) is 7. The van der Waals surface area contributed by atoms with Gasteiger partial charge in [0.1, 0.15) is 11.8 Å². The highest BCUT2D eigenvalue weighted by atomic mass is 19.4. The van der Waals surface area contributed by atoms with Gasteiger partial charge in [0, 0.05) is 51.8 Å². The van der Waals surface area contributed by atoms with Gasteiger partial charge in [-0.05, 0) is 49.2 Å². The minimum atomic E-state index is -4.49. The van der Waals surface area contributed by atoms with E-state index in [1.54, 1.807) is 4.90 Å². The number of ether oxygens (including phenoxy) is 1. The molecule has 0 spiro atoms. The fourth-order valence-corrected chi connectivity index (χ4v) is 5.94. The van der Waals surface area contributed by atoms with Crippen LogP contribution in [0.3, 0.4) is 0 Å². The number of carbonyl (C=O) groups excluding carboxylic acids is 1. The fourth-order valence-electron chi connectivity index (χ4n) is 5.94. The van der Waals surface area contributed by atoms with Gasteiger partial charge in [0.05, 0.1) is 12.0 Å². The van der Waals surface area contributed by atoms with E-state index in [0.29, 0.717) is 26.2 Å². The highest BCUT2D eigenvalue weighted by Crippen LogP contribution is 2.50. The number of alkyl halides is 3. The molecular formula is C26H35F3N4O3. The smallest absolute Gasteiger partial charge is 0.433 e. The van der Waals surface area contributed by atoms with Gasteiger partial charge in [-0.25, -0.2) is 9.97 Å². The van der Waals surface area contributed by atoms with Crippen LogP contribution in [0.4, 0.5) is 19.1 Å². The molecule has 0 bridgehead atoms. The van der Waals surface area contributed by atoms with Crippen molar-refractivity contribution in [1.29, 1.82) is 0 Å². The Bertz CT molecular complexity index is 979. The van der Waals surface area contributed by atoms with Crippen LogP contribution >= 0.6 is 0 Å². The Labute approximate surface area is 210 Å². The van der Waals surface area contributed by atoms with E-state index in [9.17, 15) is 23.1 Å². The van der Waals surface area contributed by atoms with Crippen molar-refractivity contribution >= 4 is 11.9 Å². The lowest BCUT2D eigenvalue weighted by atomic mass is 9.57. The molecule has 36 heavy (non-hydrogen) atoms. The molecule has 1 aliphatic heterocycles. The molecule has 2 radical (unpaired) electrons. The van der Waals surface area contributed by atoms with Crippen molar-refractivity contribution in [2.45, 2.75) is 58.4 Å². The first-order chi connectivity index (χ1) is 16.9. The quantitative estimate of drug-likeness (QED) is 0.481. The summed E-state index contributed by atoms with van der Waals surface area (Å²) in [4.78, 5) is 23.4. The van der Waals surface area contributed by atoms with Crippen molar-refractivity contribution in [3.63, 3.8) is 0 Å². The lowest BCUT2D eigenvalue weighted by Gasteiger charge is -2.53. The summed E-state index contributed by atoms with van der Waals surface area (Å²) in [5, 5.41) is 11.7. The number of aliphatic hydroxyl groups is 1. The maximum Gasteiger partial charge on any atom is 0.433 e. The largest absolute Gasteiger partial charge is 0.457 e. The van der Waals surface area contributed by atoms with Crippen LogP contribution in [0.5, 0.6) is 0 Å². The van der Waals surface area contributed by atoms with Crippen molar-refractivity contribution in [2.75, 3.05) is 37.6 Å². The van der Waals surface area contributed by atoms with Gasteiger partial charge in [-0.15, -0.1) is 0 Å². The van der Waals surface area contributed by atoms with Crippen LogP contribution in [0, 0.1) is 30.1 Å². The third-order valence-corrected chi connectivity index (χ3v) is 8.02. The number of carbonyl (C=O) groups is 1. The Morgan fingerprint density at radius 1 is 1.31 bits per heavy atom. The van der Waals surface area contributed by atoms with E-state index in [0.717, 1.165) is 37.2 Å². The van der Waals surface area contributed by atoms with E-state index >= 15 is 0 Å². The second kappa shape index (κ2) is 10.3. The molecule has 10 heteroatoms. The standard InChI is InChI=1S/C26H35F3N4O3/c1-16-13-21-20(6-5-18(3)25(21,35)14-22(16)36-19(4)34)17(2)15-32-9-11-33(12-10-32)24-30-8-7-23(31-24)26(27,28)29/h7-8,13,17-18,20-22,35H,5-6,9-12,15H2,1-4H3/t17-,18-,20+,21-,22-,25-/m1/s1. The number of hydrogen-bond donors (Lipinski definition) is 1. The topological polar surface area (TPSA) is 78.8 Å². The molecule has 1 saturated carbocycles. The number of rotatable bonds is 5. The molecule has 7 nitrogen and oxygen atoms in total. The summed E-state index contributed by atoms with van der Waals surface area (Å²) < 4.78 is 44.5. The van der Waals surface area contributed by atoms with Crippen molar-refractivity contribution in [3.05, 3.63) is 36.0 Å². The SMILES string of the molecule is CC(=O)O[C@@H]1[C][C@@]2(O)[C@H](C)CC[C@@H]([C@H](C)CN3CCN(c4nccc(C(F)(F)F)n4)CC3)[C@H]2C=C1C. The molecule has 4 rings (SSSR count). The lowest BCUT2D eigenvalue weighted by Crippen LogP contribution is -2.57. The summed E-state index contributed by atoms with van der Waals surface area (Å²) in [6.07, 6.45) is 3.16. The highest BCUT2D eigenvalue weighted by molar-refractivity contribution is 5.66. The predicted molar refractivity (Wildman–Crippen MR) is 128 cm³/mol. The van der Waals surface area contributed by atoms with Crippen molar-refractivity contribution < 1.29 is 27.8 Å². The van der Waals surface area contributed by atoms with Crippen LogP contribution in [-0.4, -0.2) is 70.4 Å². The number of fused-ring (bicyclic) bond motifs is 1. The first-order valence-corrected chi connectivity index (χ1v) is 12.6. The molecular weight excluding hydrogens is 473 g/mol. The van der Waals surface area contributed by atoms with Gasteiger partial charge in [0.2, 0.25) is 5.95 Å². The van der Waals surface area contributed by atoms with Gasteiger partial charge < -0.3 is 14.7 Å². The molecule has 1 aromatic rings. The average Bonchev–Trinajstić information content (AvgIpc) is 2.81. The summed E-state index contributed by atoms with van der Waals surface area (Å²) >= 11 is 0. The summed E-state index contributed by atoms with van der Waals surface area (Å²) in [6, 6.07) is 0.887. The number of piperazine rings is 1. The molecule has 0 aromatic carbocycles. The van der Waals surface area contributed by atoms with Crippen LogP contribution < -0.4 is 4.90 Å². The van der Waals surface area contributed by atoms with Gasteiger partial charge >= 0.3 is 12.1 Å². The minimum Gasteiger partial charge on any atom is -0.457 e. The maximum absolute atomic E-state index is 13.0. The summed E-state index contributed by atoms with van der Waals surface area (Å²) in [5.41, 5.74) is -1.19. The van der Waals surface area contributed by atoms with Crippen LogP contribution in [-0.2, 0) is 15.7 Å². The summed E-state index contributed by atoms with van der Waals surface area (Å²) in [6.45, 7) is 10.8. The Morgan fingerprint density at radius 3 is 2.64 bits per heavy atom. The van der Waals surface area contributed by atoms with Crippen LogP contribution in [0.1, 0.15) is 46.2 Å². The maximum atomic E-state index is 13.0. The zero-order chi connectivity index (χ0) is 26.3. The zero-order valence-electron chi connectivity index (χ0n) is 21.3. The molecule has 198 valence electrons. The number of aromatic nitrogens is 2. The predicted octanol–water partition coefficient (Wildman–Crippen LogP) is 3.62.